The lowest BCUT2D eigenvalue weighted by atomic mass is 10.1. The lowest BCUT2D eigenvalue weighted by Crippen LogP contribution is -2.40. The van der Waals surface area contributed by atoms with Crippen molar-refractivity contribution in [1.29, 1.82) is 0 Å². The Bertz CT molecular complexity index is 1350. The maximum Gasteiger partial charge on any atom is 0.408 e. The van der Waals surface area contributed by atoms with Gasteiger partial charge in [0.15, 0.2) is 0 Å². The van der Waals surface area contributed by atoms with Crippen LogP contribution in [0.1, 0.15) is 23.3 Å². The number of nitrogens with zero attached hydrogens (tertiary/aromatic N) is 6. The van der Waals surface area contributed by atoms with Crippen LogP contribution in [0.25, 0.3) is 27.9 Å². The second-order valence-electron chi connectivity index (χ2n) is 7.95. The monoisotopic (exact) mass is 462 g/mol. The second-order valence-corrected chi connectivity index (χ2v) is 7.95. The van der Waals surface area contributed by atoms with E-state index in [0.29, 0.717) is 37.3 Å². The number of imidazole rings is 1. The maximum absolute atomic E-state index is 13.8. The van der Waals surface area contributed by atoms with Gasteiger partial charge >= 0.3 is 6.18 Å². The summed E-state index contributed by atoms with van der Waals surface area (Å²) < 4.78 is 55.8. The number of piperidine rings is 1. The molecule has 8 nitrogen and oxygen atoms in total. The number of likely N-dealkylation sites (tertiary alicyclic amines) is 1. The van der Waals surface area contributed by atoms with Crippen LogP contribution in [0.5, 0.6) is 0 Å². The molecule has 0 radical (unpaired) electrons. The molecule has 1 amide bonds. The zero-order valence-electron chi connectivity index (χ0n) is 17.1. The number of aromatic nitrogens is 5. The molecule has 0 aromatic carbocycles. The highest BCUT2D eigenvalue weighted by molar-refractivity contribution is 5.99. The molecule has 5 rings (SSSR count). The molecule has 0 unspecified atom stereocenters. The highest BCUT2D eigenvalue weighted by Crippen LogP contribution is 2.31. The molecule has 172 valence electrons. The van der Waals surface area contributed by atoms with Crippen molar-refractivity contribution >= 4 is 22.5 Å². The molecule has 12 heteroatoms. The Hall–Kier alpha value is -3.54. The minimum absolute atomic E-state index is 0.0158. The predicted molar refractivity (Wildman–Crippen MR) is 109 cm³/mol. The Morgan fingerprint density at radius 2 is 1.91 bits per heavy atom. The summed E-state index contributed by atoms with van der Waals surface area (Å²) >= 11 is 0. The molecule has 5 heterocycles. The van der Waals surface area contributed by atoms with E-state index in [-0.39, 0.29) is 22.3 Å². The van der Waals surface area contributed by atoms with Gasteiger partial charge in [-0.25, -0.2) is 9.37 Å². The molecule has 1 aliphatic heterocycles. The quantitative estimate of drug-likeness (QED) is 0.473. The van der Waals surface area contributed by atoms with Crippen LogP contribution >= 0.6 is 0 Å². The fraction of sp³-hybridized carbons (Fsp3) is 0.333. The summed E-state index contributed by atoms with van der Waals surface area (Å²) in [7, 11) is 0. The third-order valence-corrected chi connectivity index (χ3v) is 5.65. The van der Waals surface area contributed by atoms with Gasteiger partial charge in [0, 0.05) is 30.9 Å². The first-order valence-corrected chi connectivity index (χ1v) is 10.2. The minimum atomic E-state index is -4.56. The third-order valence-electron chi connectivity index (χ3n) is 5.65. The average molecular weight is 462 g/mol. The van der Waals surface area contributed by atoms with Crippen LogP contribution in [0, 0.1) is 5.82 Å². The normalized spacial score (nSPS) is 15.6. The first kappa shape index (κ1) is 21.3. The molecule has 1 N–H and O–H groups in total. The van der Waals surface area contributed by atoms with Crippen molar-refractivity contribution in [2.45, 2.75) is 31.7 Å². The molecule has 0 spiro atoms. The molecule has 0 bridgehead atoms. The molecule has 1 fully saturated rings. The molecule has 0 aliphatic carbocycles. The zero-order chi connectivity index (χ0) is 23.3. The Morgan fingerprint density at radius 3 is 2.64 bits per heavy atom. The maximum atomic E-state index is 13.8. The molecule has 1 aliphatic rings. The number of halogens is 4. The van der Waals surface area contributed by atoms with E-state index in [9.17, 15) is 27.5 Å². The van der Waals surface area contributed by atoms with Gasteiger partial charge in [0.05, 0.1) is 23.5 Å². The van der Waals surface area contributed by atoms with E-state index < -0.39 is 30.5 Å². The van der Waals surface area contributed by atoms with Crippen LogP contribution in [-0.2, 0) is 6.54 Å². The van der Waals surface area contributed by atoms with Gasteiger partial charge in [0.25, 0.3) is 5.91 Å². The highest BCUT2D eigenvalue weighted by atomic mass is 19.4. The van der Waals surface area contributed by atoms with Crippen molar-refractivity contribution in [1.82, 2.24) is 29.0 Å². The largest absolute Gasteiger partial charge is 0.408 e. The Balaban J connectivity index is 1.62. The molecule has 0 saturated carbocycles. The molecule has 4 aromatic rings. The van der Waals surface area contributed by atoms with Crippen LogP contribution < -0.4 is 0 Å². The smallest absolute Gasteiger partial charge is 0.393 e. The number of hydrogen-bond donors (Lipinski definition) is 1. The number of fused-ring (bicyclic) bond motifs is 2. The fourth-order valence-corrected chi connectivity index (χ4v) is 4.03. The van der Waals surface area contributed by atoms with Crippen LogP contribution in [0.15, 0.2) is 36.8 Å². The van der Waals surface area contributed by atoms with Crippen molar-refractivity contribution in [3.05, 3.63) is 48.3 Å². The number of amides is 1. The number of aliphatic hydroxyl groups excluding tert-OH is 1. The Labute approximate surface area is 184 Å². The van der Waals surface area contributed by atoms with E-state index in [1.165, 1.54) is 46.1 Å². The first-order valence-electron chi connectivity index (χ1n) is 10.2. The van der Waals surface area contributed by atoms with Gasteiger partial charge in [-0.1, -0.05) is 0 Å². The van der Waals surface area contributed by atoms with E-state index in [1.54, 1.807) is 0 Å². The van der Waals surface area contributed by atoms with Gasteiger partial charge in [0.2, 0.25) is 0 Å². The number of carbonyl (C=O) groups excluding carboxylic acids is 1. The SMILES string of the molecule is O=C(c1cc2c(cn1)c(-c1cnc3ccc(F)cn13)nn2CC(F)(F)F)N1CCC(O)CC1. The standard InChI is InChI=1S/C21H18F4N6O2/c22-12-1-2-18-27-9-17(30(18)10-12)19-14-8-26-15(20(33)29-5-3-13(32)4-6-29)7-16(14)31(28-19)11-21(23,24)25/h1-2,7-10,13,32H,3-6,11H2. The van der Waals surface area contributed by atoms with E-state index in [1.807, 2.05) is 0 Å². The molecule has 4 aromatic heterocycles. The number of hydrogen-bond acceptors (Lipinski definition) is 5. The minimum Gasteiger partial charge on any atom is -0.393 e. The fourth-order valence-electron chi connectivity index (χ4n) is 4.03. The van der Waals surface area contributed by atoms with Crippen molar-refractivity contribution in [2.24, 2.45) is 0 Å². The van der Waals surface area contributed by atoms with Gasteiger partial charge in [-0.2, -0.15) is 18.3 Å². The van der Waals surface area contributed by atoms with Crippen LogP contribution in [-0.4, -0.2) is 65.4 Å². The van der Waals surface area contributed by atoms with Gasteiger partial charge in [-0.15, -0.1) is 0 Å². The molecule has 1 saturated heterocycles. The molecule has 0 atom stereocenters. The lowest BCUT2D eigenvalue weighted by molar-refractivity contribution is -0.141. The Morgan fingerprint density at radius 1 is 1.15 bits per heavy atom. The van der Waals surface area contributed by atoms with Crippen molar-refractivity contribution in [3.8, 4) is 11.4 Å². The zero-order valence-corrected chi connectivity index (χ0v) is 17.1. The second kappa shape index (κ2) is 7.80. The lowest BCUT2D eigenvalue weighted by Gasteiger charge is -2.29. The van der Waals surface area contributed by atoms with Gasteiger partial charge in [-0.05, 0) is 31.0 Å². The van der Waals surface area contributed by atoms with E-state index >= 15 is 0 Å². The number of aliphatic hydroxyl groups is 1. The van der Waals surface area contributed by atoms with E-state index in [2.05, 4.69) is 15.1 Å². The summed E-state index contributed by atoms with van der Waals surface area (Å²) in [5.41, 5.74) is 0.889. The van der Waals surface area contributed by atoms with Crippen molar-refractivity contribution in [3.63, 3.8) is 0 Å². The molecular weight excluding hydrogens is 444 g/mol. The predicted octanol–water partition coefficient (Wildman–Crippen LogP) is 3.04. The average Bonchev–Trinajstić information content (AvgIpc) is 3.33. The summed E-state index contributed by atoms with van der Waals surface area (Å²) in [6.07, 6.45) is -0.317. The van der Waals surface area contributed by atoms with Crippen LogP contribution in [0.3, 0.4) is 0 Å². The van der Waals surface area contributed by atoms with Crippen LogP contribution in [0.2, 0.25) is 0 Å². The van der Waals surface area contributed by atoms with Gasteiger partial charge in [-0.3, -0.25) is 18.9 Å². The van der Waals surface area contributed by atoms with E-state index in [0.717, 1.165) is 4.68 Å². The number of rotatable bonds is 3. The van der Waals surface area contributed by atoms with Crippen molar-refractivity contribution in [2.75, 3.05) is 13.1 Å². The number of carbonyl (C=O) groups is 1. The summed E-state index contributed by atoms with van der Waals surface area (Å²) in [5, 5.41) is 14.1. The highest BCUT2D eigenvalue weighted by Gasteiger charge is 2.31. The molecule has 33 heavy (non-hydrogen) atoms. The van der Waals surface area contributed by atoms with Gasteiger partial charge in [0.1, 0.15) is 29.4 Å². The Kier molecular flexibility index (Phi) is 5.04. The number of alkyl halides is 3. The summed E-state index contributed by atoms with van der Waals surface area (Å²) in [5.74, 6) is -0.972. The summed E-state index contributed by atoms with van der Waals surface area (Å²) in [6, 6.07) is 3.96. The summed E-state index contributed by atoms with van der Waals surface area (Å²) in [6.45, 7) is -0.706. The van der Waals surface area contributed by atoms with Gasteiger partial charge < -0.3 is 10.0 Å². The van der Waals surface area contributed by atoms with Crippen LogP contribution in [0.4, 0.5) is 17.6 Å². The third kappa shape index (κ3) is 4.01. The molecular formula is C21H18F4N6O2. The van der Waals surface area contributed by atoms with Crippen molar-refractivity contribution < 1.29 is 27.5 Å². The topological polar surface area (TPSA) is 88.6 Å². The number of pyridine rings is 2. The first-order chi connectivity index (χ1) is 15.7. The van der Waals surface area contributed by atoms with E-state index in [4.69, 9.17) is 0 Å². The summed E-state index contributed by atoms with van der Waals surface area (Å²) in [4.78, 5) is 22.7.